The van der Waals surface area contributed by atoms with E-state index >= 15 is 43.2 Å². The molecule has 142 heavy (non-hydrogen) atoms. The van der Waals surface area contributed by atoms with Crippen LogP contribution in [-0.2, 0) is 117 Å². The number of fused-ring (bicyclic) bond motifs is 5. The molecule has 43 nitrogen and oxygen atoms in total. The van der Waals surface area contributed by atoms with Crippen LogP contribution in [0.1, 0.15) is 174 Å². The Hall–Kier alpha value is -13.2. The van der Waals surface area contributed by atoms with Gasteiger partial charge < -0.3 is 124 Å². The van der Waals surface area contributed by atoms with Gasteiger partial charge in [0.2, 0.25) is 94.5 Å². The van der Waals surface area contributed by atoms with E-state index in [1.807, 2.05) is 13.8 Å². The average molecular weight is 2000 g/mol. The average Bonchev–Trinajstić information content (AvgIpc) is 1.60. The van der Waals surface area contributed by atoms with Crippen molar-refractivity contribution in [3.8, 4) is 0 Å². The number of aliphatic hydroxyl groups is 1. The number of nitrogens with two attached hydrogens (primary N) is 2. The molecule has 4 aliphatic heterocycles. The van der Waals surface area contributed by atoms with Gasteiger partial charge in [0, 0.05) is 106 Å². The predicted molar refractivity (Wildman–Crippen MR) is 519 cm³/mol. The van der Waals surface area contributed by atoms with Crippen LogP contribution in [-0.4, -0.2) is 329 Å². The van der Waals surface area contributed by atoms with Crippen molar-refractivity contribution >= 4 is 146 Å². The molecule has 6 heterocycles. The maximum absolute atomic E-state index is 16.0. The largest absolute Gasteiger partial charge is 0.481 e. The molecule has 4 saturated heterocycles. The van der Waals surface area contributed by atoms with E-state index in [9.17, 15) is 72.8 Å². The first-order chi connectivity index (χ1) is 67.6. The first-order valence-electron chi connectivity index (χ1n) is 48.5. The lowest BCUT2D eigenvalue weighted by atomic mass is 9.97. The van der Waals surface area contributed by atoms with Crippen LogP contribution in [0.2, 0.25) is 0 Å². The minimum atomic E-state index is -1.90. The number of aromatic amines is 1. The molecule has 45 heteroatoms. The lowest BCUT2D eigenvalue weighted by Gasteiger charge is -2.38. The van der Waals surface area contributed by atoms with Gasteiger partial charge in [0.05, 0.1) is 24.8 Å². The van der Waals surface area contributed by atoms with Crippen LogP contribution in [0, 0.1) is 17.7 Å². The van der Waals surface area contributed by atoms with Crippen molar-refractivity contribution in [2.24, 2.45) is 23.3 Å². The van der Waals surface area contributed by atoms with E-state index in [1.54, 1.807) is 82.4 Å². The lowest BCUT2D eigenvalue weighted by Crippen LogP contribution is -2.62. The van der Waals surface area contributed by atoms with Crippen LogP contribution in [0.25, 0.3) is 21.8 Å². The van der Waals surface area contributed by atoms with Gasteiger partial charge >= 0.3 is 17.9 Å². The number of carboxylic acid groups (broad SMARTS) is 3. The molecule has 0 radical (unpaired) electrons. The number of para-hydroxylation sites is 2. The predicted octanol–water partition coefficient (Wildman–Crippen LogP) is -0.177. The summed E-state index contributed by atoms with van der Waals surface area (Å²) >= 11 is 0.736. The van der Waals surface area contributed by atoms with Crippen molar-refractivity contribution in [3.05, 3.63) is 108 Å². The van der Waals surface area contributed by atoms with Crippen LogP contribution >= 0.6 is 11.8 Å². The van der Waals surface area contributed by atoms with Crippen molar-refractivity contribution in [2.45, 2.75) is 280 Å². The fourth-order valence-corrected chi connectivity index (χ4v) is 19.2. The molecule has 16 atom stereocenters. The van der Waals surface area contributed by atoms with Gasteiger partial charge in [0.25, 0.3) is 0 Å². The quantitative estimate of drug-likeness (QED) is 0.0295. The molecule has 9 rings (SSSR count). The molecule has 776 valence electrons. The Kier molecular flexibility index (Phi) is 42.5. The van der Waals surface area contributed by atoms with Crippen LogP contribution < -0.4 is 70.0 Å². The zero-order valence-corrected chi connectivity index (χ0v) is 82.5. The minimum Gasteiger partial charge on any atom is -0.481 e. The maximum atomic E-state index is 16.0. The number of likely N-dealkylation sites (N-methyl/N-ethyl adjacent to an activating group) is 2. The van der Waals surface area contributed by atoms with E-state index in [0.717, 1.165) is 48.4 Å². The van der Waals surface area contributed by atoms with E-state index in [1.165, 1.54) is 43.9 Å². The third-order valence-electron chi connectivity index (χ3n) is 25.8. The highest BCUT2D eigenvalue weighted by Crippen LogP contribution is 2.30. The van der Waals surface area contributed by atoms with E-state index in [-0.39, 0.29) is 96.2 Å². The van der Waals surface area contributed by atoms with Gasteiger partial charge in [-0.3, -0.25) is 86.3 Å². The third-order valence-corrected chi connectivity index (χ3v) is 26.9. The van der Waals surface area contributed by atoms with E-state index in [0.29, 0.717) is 77.0 Å². The van der Waals surface area contributed by atoms with Crippen LogP contribution in [0.15, 0.2) is 85.2 Å². The first-order valence-corrected chi connectivity index (χ1v) is 49.7. The van der Waals surface area contributed by atoms with Gasteiger partial charge in [0.1, 0.15) is 103 Å². The molecule has 0 spiro atoms. The number of nitrogens with zero attached hydrogens (tertiary/aromatic N) is 6. The number of carbonyl (C=O) groups excluding carboxylic acids is 16. The Labute approximate surface area is 826 Å². The number of aromatic nitrogens is 2. The molecule has 0 bridgehead atoms. The summed E-state index contributed by atoms with van der Waals surface area (Å²) in [5.74, 6) is -21.9. The molecule has 16 amide bonds. The Bertz CT molecular complexity index is 5350. The fourth-order valence-electron chi connectivity index (χ4n) is 18.4. The van der Waals surface area contributed by atoms with E-state index < -0.39 is 278 Å². The number of amides is 16. The summed E-state index contributed by atoms with van der Waals surface area (Å²) in [6, 6.07) is -4.87. The summed E-state index contributed by atoms with van der Waals surface area (Å²) in [6.45, 7) is 9.00. The van der Waals surface area contributed by atoms with Gasteiger partial charge in [0.15, 0.2) is 0 Å². The zero-order chi connectivity index (χ0) is 104. The molecule has 0 saturated carbocycles. The minimum absolute atomic E-state index is 0.0350. The van der Waals surface area contributed by atoms with Gasteiger partial charge in [-0.2, -0.15) is 0 Å². The Morgan fingerprint density at radius 2 is 1.06 bits per heavy atom. The highest BCUT2D eigenvalue weighted by molar-refractivity contribution is 8.00. The Morgan fingerprint density at radius 1 is 0.528 bits per heavy atom. The Balaban J connectivity index is 1.12. The maximum Gasteiger partial charge on any atom is 0.326 e. The summed E-state index contributed by atoms with van der Waals surface area (Å²) in [7, 11) is 2.66. The molecule has 2 aromatic heterocycles. The van der Waals surface area contributed by atoms with Gasteiger partial charge in [-0.15, -0.1) is 11.8 Å². The second-order valence-electron chi connectivity index (χ2n) is 37.5. The van der Waals surface area contributed by atoms with Gasteiger partial charge in [-0.25, -0.2) is 9.18 Å². The smallest absolute Gasteiger partial charge is 0.326 e. The number of piperidine rings is 1. The number of H-pyrrole nitrogens is 1. The number of halogens is 1. The Morgan fingerprint density at radius 3 is 1.70 bits per heavy atom. The number of rotatable bonds is 29. The number of aliphatic carboxylic acids is 3. The van der Waals surface area contributed by atoms with Crippen molar-refractivity contribution in [3.63, 3.8) is 0 Å². The highest BCUT2D eigenvalue weighted by Gasteiger charge is 2.48. The molecule has 5 aromatic rings. The van der Waals surface area contributed by atoms with E-state index in [4.69, 9.17) is 11.5 Å². The summed E-state index contributed by atoms with van der Waals surface area (Å²) in [5.41, 5.74) is 14.7. The van der Waals surface area contributed by atoms with Crippen LogP contribution in [0.3, 0.4) is 0 Å². The van der Waals surface area contributed by atoms with Crippen LogP contribution in [0.4, 0.5) is 4.39 Å². The molecule has 4 aliphatic rings. The molecule has 3 aromatic carbocycles. The molecule has 0 aliphatic carbocycles. The number of carboxylic acids is 3. The number of unbranched alkanes of at least 4 members (excludes halogenated alkanes) is 2. The van der Waals surface area contributed by atoms with Crippen molar-refractivity contribution in [1.29, 1.82) is 0 Å². The first kappa shape index (κ1) is 112. The number of aliphatic hydroxyl groups excluding tert-OH is 1. The number of thioether (sulfide) groups is 1. The summed E-state index contributed by atoms with van der Waals surface area (Å²) < 4.78 is 16.0. The summed E-state index contributed by atoms with van der Waals surface area (Å²) in [5, 5.41) is 71.7. The number of benzene rings is 3. The second kappa shape index (κ2) is 53.6. The lowest BCUT2D eigenvalue weighted by molar-refractivity contribution is -0.149. The number of nitrogens with one attached hydrogen (secondary N) is 12. The van der Waals surface area contributed by atoms with Crippen molar-refractivity contribution < 1.29 is 116 Å². The molecule has 0 unspecified atom stereocenters. The van der Waals surface area contributed by atoms with Gasteiger partial charge in [-0.1, -0.05) is 123 Å². The standard InChI is InChI=1S/C97H137FN20O23S/c1-10-13-25-74-88(131)106-65(38-53(4)5)85(128)112-72(83(126)102-47-79(120)103-62(12-3)97(140)141)51-142-52-80(121)104-68(40-55-30-32-58(98)33-31-55)93(136)116-36-20-19-28-75(116)89(132)110-70(44-81(122)123)94(137)117-37-21-29-76(117)90(133)111-71(45-100)87(130)108-67(39-54(6)7)95(138)118-49-59(119)43-78(118)91(134)107-66(41-56-46-101-63-24-17-15-22-60(56)63)86(129)105-64(34-35-99)84(127)109-69(92(135)114(9)77(26-14-11-2)96(139)113(74)8)42-57-48-115(50-82(124)125)73-27-18-16-23-61(57)73/h15-18,22-24,27,30-33,46,48,53-54,59,62,64-72,74-78,101,119H,10-14,19-21,25-26,28-29,34-45,47,49-52,99-100H2,1-9H3,(H,102,126)(H,103,120)(H,104,121)(H,105,129)(H,106,131)(H,107,134)(H,108,130)(H,109,127)(H,110,132)(H,111,133)(H,112,128)(H,122,123)(H,124,125)(H,140,141)/t59-,62+,64+,65+,66+,67+,68+,69+,70+,71+,72+,74+,75+,76+,77+,78+/m1/s1. The van der Waals surface area contributed by atoms with E-state index in [2.05, 4.69) is 63.5 Å². The SMILES string of the molecule is CCCC[C@H]1C(=O)N(C)[C@@H](CCCC)C(=O)N[C@@H](CC(C)C)C(=O)N[C@H](C(=O)NCC(=O)N[C@@H](CC)C(=O)O)CSCC(=O)N[C@@H](Cc2ccc(F)cc2)C(=O)N2CCCC[C@H]2C(=O)N[C@@H](CC(=O)O)C(=O)N2CCC[C@H]2C(=O)N[C@@H](CN)C(=O)N[C@@H](CC(C)C)C(=O)N2C[C@H](O)C[C@H]2C(=O)N[C@@H](Cc2c[nH]c3ccccc23)C(=O)N[C@@H](CCN)C(=O)N[C@@H](Cc2cn(CC(=O)O)c3ccccc23)C(=O)N1C. The van der Waals surface area contributed by atoms with Gasteiger partial charge in [-0.05, 0) is 130 Å². The molecular weight excluding hydrogens is 1860 g/mol. The summed E-state index contributed by atoms with van der Waals surface area (Å²) in [4.78, 5) is 287. The monoisotopic (exact) mass is 2000 g/mol. The summed E-state index contributed by atoms with van der Waals surface area (Å²) in [6.07, 6.45) is 0.724. The zero-order valence-electron chi connectivity index (χ0n) is 81.7. The third kappa shape index (κ3) is 30.9. The topological polar surface area (TPSA) is 627 Å². The molecule has 20 N–H and O–H groups in total. The number of carbonyl (C=O) groups is 19. The van der Waals surface area contributed by atoms with Crippen LogP contribution in [0.5, 0.6) is 0 Å². The van der Waals surface area contributed by atoms with Crippen molar-refractivity contribution in [2.75, 3.05) is 64.9 Å². The fraction of sp³-hybridized carbons (Fsp3) is 0.577. The van der Waals surface area contributed by atoms with Crippen molar-refractivity contribution in [1.82, 2.24) is 92.5 Å². The highest BCUT2D eigenvalue weighted by atomic mass is 32.2. The number of hydrogen-bond acceptors (Lipinski definition) is 23. The second-order valence-corrected chi connectivity index (χ2v) is 38.5. The number of hydrogen-bond donors (Lipinski definition) is 18. The molecular formula is C97H137FN20O23S. The normalized spacial score (nSPS) is 24.9. The molecule has 4 fully saturated rings.